The molecule has 0 bridgehead atoms. The van der Waals surface area contributed by atoms with E-state index in [4.69, 9.17) is 6.42 Å². The molecule has 0 unspecified atom stereocenters. The van der Waals surface area contributed by atoms with E-state index in [0.717, 1.165) is 0 Å². The summed E-state index contributed by atoms with van der Waals surface area (Å²) in [5.74, 6) is 0.887. The van der Waals surface area contributed by atoms with Crippen molar-refractivity contribution in [2.45, 2.75) is 13.8 Å². The fraction of sp³-hybridized carbons (Fsp3) is 0.286. The lowest BCUT2D eigenvalue weighted by molar-refractivity contribution is 0.0682. The summed E-state index contributed by atoms with van der Waals surface area (Å²) in [6, 6.07) is 3.43. The van der Waals surface area contributed by atoms with Gasteiger partial charge in [-0.05, 0) is 25.0 Å². The Morgan fingerprint density at radius 1 is 1.28 bits per heavy atom. The number of terminal acetylenes is 1. The summed E-state index contributed by atoms with van der Waals surface area (Å²) in [4.78, 5) is 24.8. The van der Waals surface area contributed by atoms with Gasteiger partial charge in [-0.1, -0.05) is 18.1 Å². The number of carbonyl (C=O) groups excluding carboxylic acids is 1. The van der Waals surface area contributed by atoms with E-state index in [0.29, 0.717) is 11.1 Å². The third kappa shape index (κ3) is 2.51. The van der Waals surface area contributed by atoms with Gasteiger partial charge >= 0.3 is 5.97 Å². The van der Waals surface area contributed by atoms with Crippen molar-refractivity contribution in [3.05, 3.63) is 34.4 Å². The van der Waals surface area contributed by atoms with E-state index in [-0.39, 0.29) is 23.6 Å². The number of hydrogen-bond donors (Lipinski definition) is 1. The van der Waals surface area contributed by atoms with Crippen molar-refractivity contribution >= 4 is 11.9 Å². The molecule has 0 atom stereocenters. The van der Waals surface area contributed by atoms with E-state index in [1.807, 2.05) is 0 Å². The molecule has 4 nitrogen and oxygen atoms in total. The van der Waals surface area contributed by atoms with Gasteiger partial charge in [0.05, 0.1) is 17.7 Å². The average Bonchev–Trinajstić information content (AvgIpc) is 2.30. The highest BCUT2D eigenvalue weighted by Crippen LogP contribution is 2.20. The molecule has 1 aromatic rings. The maximum Gasteiger partial charge on any atom is 0.336 e. The Morgan fingerprint density at radius 3 is 2.22 bits per heavy atom. The number of aryl methyl sites for hydroxylation is 2. The zero-order valence-electron chi connectivity index (χ0n) is 10.7. The van der Waals surface area contributed by atoms with E-state index in [1.165, 1.54) is 4.90 Å². The number of amides is 1. The molecular weight excluding hydrogens is 230 g/mol. The Bertz CT molecular complexity index is 541. The second kappa shape index (κ2) is 5.37. The summed E-state index contributed by atoms with van der Waals surface area (Å²) in [5, 5.41) is 9.22. The topological polar surface area (TPSA) is 57.6 Å². The van der Waals surface area contributed by atoms with Crippen molar-refractivity contribution in [2.75, 3.05) is 13.6 Å². The first kappa shape index (κ1) is 13.8. The zero-order chi connectivity index (χ0) is 13.9. The first-order chi connectivity index (χ1) is 8.40. The first-order valence-electron chi connectivity index (χ1n) is 5.42. The number of carbonyl (C=O) groups is 2. The molecule has 94 valence electrons. The van der Waals surface area contributed by atoms with Crippen LogP contribution in [0, 0.1) is 26.2 Å². The molecule has 0 heterocycles. The molecule has 4 heteroatoms. The lowest BCUT2D eigenvalue weighted by Gasteiger charge is -2.18. The third-order valence-electron chi connectivity index (χ3n) is 2.72. The van der Waals surface area contributed by atoms with Crippen LogP contribution in [0.15, 0.2) is 12.1 Å². The molecule has 0 aliphatic carbocycles. The van der Waals surface area contributed by atoms with Gasteiger partial charge in [-0.15, -0.1) is 6.42 Å². The lowest BCUT2D eigenvalue weighted by Crippen LogP contribution is -2.29. The van der Waals surface area contributed by atoms with Gasteiger partial charge in [0.1, 0.15) is 0 Å². The molecule has 0 saturated heterocycles. The maximum absolute atomic E-state index is 12.2. The van der Waals surface area contributed by atoms with Crippen LogP contribution in [0.3, 0.4) is 0 Å². The van der Waals surface area contributed by atoms with Crippen LogP contribution in [-0.4, -0.2) is 35.5 Å². The normalized spacial score (nSPS) is 9.67. The molecule has 18 heavy (non-hydrogen) atoms. The van der Waals surface area contributed by atoms with Crippen molar-refractivity contribution in [3.8, 4) is 12.3 Å². The van der Waals surface area contributed by atoms with Crippen LogP contribution in [0.1, 0.15) is 31.8 Å². The fourth-order valence-corrected chi connectivity index (χ4v) is 1.76. The molecule has 0 saturated carbocycles. The average molecular weight is 245 g/mol. The standard InChI is InChI=1S/C14H15NO3/c1-5-8-15(4)13(16)11-9(2)6-7-10(3)12(11)14(17)18/h1,6-7H,8H2,2-4H3,(H,17,18). The summed E-state index contributed by atoms with van der Waals surface area (Å²) in [6.07, 6.45) is 5.15. The van der Waals surface area contributed by atoms with Gasteiger partial charge in [-0.2, -0.15) is 0 Å². The Hall–Kier alpha value is -2.28. The number of benzene rings is 1. The number of aromatic carboxylic acids is 1. The Kier molecular flexibility index (Phi) is 4.11. The van der Waals surface area contributed by atoms with Crippen LogP contribution < -0.4 is 0 Å². The summed E-state index contributed by atoms with van der Waals surface area (Å²) in [6.45, 7) is 3.52. The number of hydrogen-bond acceptors (Lipinski definition) is 2. The van der Waals surface area contributed by atoms with Crippen LogP contribution in [0.2, 0.25) is 0 Å². The zero-order valence-corrected chi connectivity index (χ0v) is 10.7. The minimum absolute atomic E-state index is 0.0453. The van der Waals surface area contributed by atoms with Gasteiger partial charge in [0, 0.05) is 7.05 Å². The van der Waals surface area contributed by atoms with E-state index in [2.05, 4.69) is 5.92 Å². The van der Waals surface area contributed by atoms with Gasteiger partial charge in [0.15, 0.2) is 0 Å². The van der Waals surface area contributed by atoms with Crippen molar-refractivity contribution in [1.82, 2.24) is 4.90 Å². The van der Waals surface area contributed by atoms with Crippen molar-refractivity contribution < 1.29 is 14.7 Å². The Morgan fingerprint density at radius 2 is 1.78 bits per heavy atom. The summed E-state index contributed by atoms with van der Waals surface area (Å²) in [5.41, 5.74) is 1.45. The molecule has 1 amide bonds. The molecule has 0 fully saturated rings. The maximum atomic E-state index is 12.2. The molecule has 1 rings (SSSR count). The van der Waals surface area contributed by atoms with Crippen molar-refractivity contribution in [1.29, 1.82) is 0 Å². The summed E-state index contributed by atoms with van der Waals surface area (Å²) < 4.78 is 0. The quantitative estimate of drug-likeness (QED) is 0.825. The van der Waals surface area contributed by atoms with Crippen LogP contribution in [-0.2, 0) is 0 Å². The summed E-state index contributed by atoms with van der Waals surface area (Å²) >= 11 is 0. The summed E-state index contributed by atoms with van der Waals surface area (Å²) in [7, 11) is 1.55. The van der Waals surface area contributed by atoms with Gasteiger partial charge in [0.2, 0.25) is 0 Å². The molecular formula is C14H15NO3. The first-order valence-corrected chi connectivity index (χ1v) is 5.42. The van der Waals surface area contributed by atoms with E-state index in [9.17, 15) is 14.7 Å². The number of nitrogens with zero attached hydrogens (tertiary/aromatic N) is 1. The highest BCUT2D eigenvalue weighted by atomic mass is 16.4. The molecule has 0 spiro atoms. The molecule has 0 radical (unpaired) electrons. The second-order valence-electron chi connectivity index (χ2n) is 4.12. The van der Waals surface area contributed by atoms with E-state index >= 15 is 0 Å². The van der Waals surface area contributed by atoms with Gasteiger partial charge in [-0.3, -0.25) is 4.79 Å². The smallest absolute Gasteiger partial charge is 0.336 e. The Balaban J connectivity index is 3.40. The molecule has 1 N–H and O–H groups in total. The second-order valence-corrected chi connectivity index (χ2v) is 4.12. The van der Waals surface area contributed by atoms with Crippen molar-refractivity contribution in [2.24, 2.45) is 0 Å². The third-order valence-corrected chi connectivity index (χ3v) is 2.72. The molecule has 0 aromatic heterocycles. The van der Waals surface area contributed by atoms with Gasteiger partial charge in [-0.25, -0.2) is 4.79 Å². The number of rotatable bonds is 3. The van der Waals surface area contributed by atoms with Crippen molar-refractivity contribution in [3.63, 3.8) is 0 Å². The number of carboxylic acid groups (broad SMARTS) is 1. The van der Waals surface area contributed by atoms with E-state index in [1.54, 1.807) is 33.0 Å². The van der Waals surface area contributed by atoms with Crippen LogP contribution in [0.5, 0.6) is 0 Å². The van der Waals surface area contributed by atoms with E-state index < -0.39 is 5.97 Å². The van der Waals surface area contributed by atoms with Crippen LogP contribution in [0.4, 0.5) is 0 Å². The largest absolute Gasteiger partial charge is 0.478 e. The predicted molar refractivity (Wildman–Crippen MR) is 68.7 cm³/mol. The SMILES string of the molecule is C#CCN(C)C(=O)c1c(C)ccc(C)c1C(=O)O. The Labute approximate surface area is 106 Å². The number of carboxylic acids is 1. The molecule has 0 aliphatic rings. The monoisotopic (exact) mass is 245 g/mol. The molecule has 0 aliphatic heterocycles. The van der Waals surface area contributed by atoms with Gasteiger partial charge < -0.3 is 10.0 Å². The van der Waals surface area contributed by atoms with Gasteiger partial charge in [0.25, 0.3) is 5.91 Å². The molecule has 1 aromatic carbocycles. The minimum Gasteiger partial charge on any atom is -0.478 e. The van der Waals surface area contributed by atoms with Crippen LogP contribution in [0.25, 0.3) is 0 Å². The highest BCUT2D eigenvalue weighted by Gasteiger charge is 2.23. The predicted octanol–water partition coefficient (Wildman–Crippen LogP) is 1.71. The van der Waals surface area contributed by atoms with Crippen LogP contribution >= 0.6 is 0 Å². The fourth-order valence-electron chi connectivity index (χ4n) is 1.76. The highest BCUT2D eigenvalue weighted by molar-refractivity contribution is 6.06. The minimum atomic E-state index is -1.10. The lowest BCUT2D eigenvalue weighted by atomic mass is 9.96.